The maximum atomic E-state index is 12.6. The number of sulfonamides is 1. The summed E-state index contributed by atoms with van der Waals surface area (Å²) in [7, 11) is -3.69. The van der Waals surface area contributed by atoms with Gasteiger partial charge in [0.05, 0.1) is 11.3 Å². The van der Waals surface area contributed by atoms with Crippen molar-refractivity contribution in [3.63, 3.8) is 0 Å². The number of rotatable bonds is 3. The van der Waals surface area contributed by atoms with Crippen LogP contribution in [0, 0.1) is 0 Å². The lowest BCUT2D eigenvalue weighted by atomic mass is 9.87. The molecule has 0 radical (unpaired) electrons. The number of benzene rings is 2. The molecule has 2 aliphatic rings. The van der Waals surface area contributed by atoms with Crippen molar-refractivity contribution in [1.82, 2.24) is 4.72 Å². The predicted octanol–water partition coefficient (Wildman–Crippen LogP) is 2.44. The lowest BCUT2D eigenvalue weighted by Crippen LogP contribution is -2.34. The summed E-state index contributed by atoms with van der Waals surface area (Å²) in [5.41, 5.74) is 0.425. The molecule has 2 aliphatic carbocycles. The molecule has 0 spiro atoms. The van der Waals surface area contributed by atoms with Crippen LogP contribution in [-0.4, -0.2) is 25.5 Å². The van der Waals surface area contributed by atoms with E-state index in [-0.39, 0.29) is 28.4 Å². The Labute approximate surface area is 133 Å². The van der Waals surface area contributed by atoms with E-state index in [1.165, 1.54) is 12.1 Å². The van der Waals surface area contributed by atoms with Gasteiger partial charge >= 0.3 is 0 Å². The van der Waals surface area contributed by atoms with Gasteiger partial charge in [-0.2, -0.15) is 0 Å². The summed E-state index contributed by atoms with van der Waals surface area (Å²) in [6.07, 6.45) is 1.41. The summed E-state index contributed by atoms with van der Waals surface area (Å²) in [5, 5.41) is 1.16. The molecule has 1 saturated carbocycles. The highest BCUT2D eigenvalue weighted by atomic mass is 32.2. The van der Waals surface area contributed by atoms with Gasteiger partial charge in [-0.1, -0.05) is 18.2 Å². The summed E-state index contributed by atoms with van der Waals surface area (Å²) in [6, 6.07) is 8.04. The van der Waals surface area contributed by atoms with E-state index in [1.807, 2.05) is 6.92 Å². The van der Waals surface area contributed by atoms with Crippen LogP contribution in [-0.2, 0) is 10.0 Å². The first-order valence-corrected chi connectivity index (χ1v) is 8.95. The molecule has 118 valence electrons. The molecule has 5 nitrogen and oxygen atoms in total. The Morgan fingerprint density at radius 1 is 1.04 bits per heavy atom. The van der Waals surface area contributed by atoms with Gasteiger partial charge < -0.3 is 0 Å². The van der Waals surface area contributed by atoms with E-state index >= 15 is 0 Å². The summed E-state index contributed by atoms with van der Waals surface area (Å²) in [6.45, 7) is 1.86. The van der Waals surface area contributed by atoms with Crippen molar-refractivity contribution in [2.75, 3.05) is 0 Å². The number of nitrogens with one attached hydrogen (secondary N) is 1. The van der Waals surface area contributed by atoms with Crippen LogP contribution in [0.3, 0.4) is 0 Å². The second kappa shape index (κ2) is 4.49. The number of carbonyl (C=O) groups is 2. The van der Waals surface area contributed by atoms with Crippen LogP contribution in [0.4, 0.5) is 0 Å². The second-order valence-electron chi connectivity index (χ2n) is 6.56. The van der Waals surface area contributed by atoms with E-state index in [9.17, 15) is 18.0 Å². The lowest BCUT2D eigenvalue weighted by molar-refractivity contribution is 0.0890. The Morgan fingerprint density at radius 2 is 1.74 bits per heavy atom. The molecule has 1 fully saturated rings. The molecule has 0 saturated heterocycles. The highest BCUT2D eigenvalue weighted by Gasteiger charge is 2.41. The van der Waals surface area contributed by atoms with Crippen LogP contribution in [0.15, 0.2) is 35.2 Å². The zero-order valence-corrected chi connectivity index (χ0v) is 13.4. The highest BCUT2D eigenvalue weighted by Crippen LogP contribution is 2.37. The normalized spacial score (nSPS) is 19.2. The van der Waals surface area contributed by atoms with Crippen LogP contribution < -0.4 is 4.72 Å². The maximum Gasteiger partial charge on any atom is 0.241 e. The number of Topliss-reactive ketones (excluding diaryl/α,β-unsaturated/α-hetero) is 2. The number of hydrogen-bond acceptors (Lipinski definition) is 4. The minimum absolute atomic E-state index is 0.0768. The summed E-state index contributed by atoms with van der Waals surface area (Å²) in [5.74, 6) is -0.541. The molecule has 2 aromatic rings. The quantitative estimate of drug-likeness (QED) is 0.877. The molecule has 0 aromatic heterocycles. The Hall–Kier alpha value is -2.05. The van der Waals surface area contributed by atoms with Crippen molar-refractivity contribution in [3.05, 3.63) is 41.5 Å². The Morgan fingerprint density at radius 3 is 2.43 bits per heavy atom. The molecule has 23 heavy (non-hydrogen) atoms. The number of ketones is 2. The van der Waals surface area contributed by atoms with Crippen LogP contribution in [0.2, 0.25) is 0 Å². The van der Waals surface area contributed by atoms with Crippen molar-refractivity contribution >= 4 is 32.4 Å². The third-order valence-corrected chi connectivity index (χ3v) is 6.18. The molecule has 0 unspecified atom stereocenters. The van der Waals surface area contributed by atoms with Crippen LogP contribution in [0.5, 0.6) is 0 Å². The van der Waals surface area contributed by atoms with E-state index in [0.717, 1.165) is 12.8 Å². The zero-order chi connectivity index (χ0) is 16.4. The van der Waals surface area contributed by atoms with Crippen molar-refractivity contribution < 1.29 is 18.0 Å². The van der Waals surface area contributed by atoms with Crippen LogP contribution in [0.25, 0.3) is 10.8 Å². The third kappa shape index (κ3) is 2.29. The fourth-order valence-electron chi connectivity index (χ4n) is 3.02. The topological polar surface area (TPSA) is 80.3 Å². The molecule has 0 heterocycles. The van der Waals surface area contributed by atoms with E-state index in [0.29, 0.717) is 21.9 Å². The molecular weight excluding hydrogens is 314 g/mol. The van der Waals surface area contributed by atoms with Gasteiger partial charge in [0.2, 0.25) is 10.0 Å². The van der Waals surface area contributed by atoms with Gasteiger partial charge in [-0.05, 0) is 37.3 Å². The summed E-state index contributed by atoms with van der Waals surface area (Å²) < 4.78 is 27.9. The van der Waals surface area contributed by atoms with Gasteiger partial charge in [0.15, 0.2) is 11.6 Å². The van der Waals surface area contributed by atoms with Gasteiger partial charge in [0.1, 0.15) is 0 Å². The molecule has 0 aliphatic heterocycles. The molecule has 2 aromatic carbocycles. The second-order valence-corrected chi connectivity index (χ2v) is 8.25. The van der Waals surface area contributed by atoms with Gasteiger partial charge in [0, 0.05) is 22.1 Å². The van der Waals surface area contributed by atoms with Crippen molar-refractivity contribution in [3.8, 4) is 0 Å². The Balaban J connectivity index is 1.95. The maximum absolute atomic E-state index is 12.6. The van der Waals surface area contributed by atoms with Crippen LogP contribution in [0.1, 0.15) is 46.9 Å². The minimum Gasteiger partial charge on any atom is -0.294 e. The van der Waals surface area contributed by atoms with E-state index in [1.54, 1.807) is 18.2 Å². The summed E-state index contributed by atoms with van der Waals surface area (Å²) >= 11 is 0. The molecule has 0 bridgehead atoms. The molecule has 0 atom stereocenters. The van der Waals surface area contributed by atoms with Gasteiger partial charge in [0.25, 0.3) is 0 Å². The smallest absolute Gasteiger partial charge is 0.241 e. The van der Waals surface area contributed by atoms with Gasteiger partial charge in [-0.15, -0.1) is 0 Å². The highest BCUT2D eigenvalue weighted by molar-refractivity contribution is 7.89. The minimum atomic E-state index is -3.69. The first kappa shape index (κ1) is 14.5. The number of carbonyl (C=O) groups excluding carboxylic acids is 2. The van der Waals surface area contributed by atoms with E-state index in [2.05, 4.69) is 4.72 Å². The van der Waals surface area contributed by atoms with E-state index < -0.39 is 10.0 Å². The van der Waals surface area contributed by atoms with Gasteiger partial charge in [-0.25, -0.2) is 13.1 Å². The zero-order valence-electron chi connectivity index (χ0n) is 12.5. The Bertz CT molecular complexity index is 987. The SMILES string of the molecule is CC1(NS(=O)(=O)c2cc3c4c(cccc4c2)C(=O)CC3=O)CC1. The fraction of sp³-hybridized carbons (Fsp3) is 0.294. The molecule has 0 amide bonds. The molecular formula is C17H15NO4S. The van der Waals surface area contributed by atoms with Crippen molar-refractivity contribution in [2.24, 2.45) is 0 Å². The molecule has 1 N–H and O–H groups in total. The van der Waals surface area contributed by atoms with E-state index in [4.69, 9.17) is 0 Å². The average molecular weight is 329 g/mol. The standard InChI is InChI=1S/C17H15NO4S/c1-17(5-6-17)18-23(21,22)11-7-10-3-2-4-12-14(19)9-15(20)13(8-11)16(10)12/h2-4,7-8,18H,5-6,9H2,1H3. The van der Waals surface area contributed by atoms with Gasteiger partial charge in [-0.3, -0.25) is 9.59 Å². The predicted molar refractivity (Wildman–Crippen MR) is 85.2 cm³/mol. The third-order valence-electron chi connectivity index (χ3n) is 4.56. The fourth-order valence-corrected chi connectivity index (χ4v) is 4.54. The monoisotopic (exact) mass is 329 g/mol. The van der Waals surface area contributed by atoms with Crippen LogP contribution >= 0.6 is 0 Å². The first-order valence-electron chi connectivity index (χ1n) is 7.46. The lowest BCUT2D eigenvalue weighted by Gasteiger charge is -2.18. The van der Waals surface area contributed by atoms with Crippen molar-refractivity contribution in [2.45, 2.75) is 36.6 Å². The molecule has 6 heteroatoms. The Kier molecular flexibility index (Phi) is 2.84. The first-order chi connectivity index (χ1) is 10.8. The number of hydrogen-bond donors (Lipinski definition) is 1. The average Bonchev–Trinajstić information content (AvgIpc) is 3.20. The molecule has 4 rings (SSSR count). The van der Waals surface area contributed by atoms with Crippen molar-refractivity contribution in [1.29, 1.82) is 0 Å². The largest absolute Gasteiger partial charge is 0.294 e. The summed E-state index contributed by atoms with van der Waals surface area (Å²) in [4.78, 5) is 24.3.